The summed E-state index contributed by atoms with van der Waals surface area (Å²) in [5, 5.41) is 20.0. The summed E-state index contributed by atoms with van der Waals surface area (Å²) in [5.74, 6) is -1.19. The summed E-state index contributed by atoms with van der Waals surface area (Å²) >= 11 is 0. The molecule has 150 valence electrons. The molecule has 9 heteroatoms. The van der Waals surface area contributed by atoms with Crippen molar-refractivity contribution in [2.75, 3.05) is 11.9 Å². The first-order valence-corrected chi connectivity index (χ1v) is 8.29. The van der Waals surface area contributed by atoms with Gasteiger partial charge in [0.2, 0.25) is 0 Å². The van der Waals surface area contributed by atoms with Gasteiger partial charge in [-0.2, -0.15) is 0 Å². The second kappa shape index (κ2) is 10.2. The maximum atomic E-state index is 11.8. The number of benzene rings is 2. The summed E-state index contributed by atoms with van der Waals surface area (Å²) < 4.78 is 5.36. The Morgan fingerprint density at radius 2 is 1.82 bits per heavy atom. The van der Waals surface area contributed by atoms with Crippen LogP contribution in [0.2, 0.25) is 0 Å². The Morgan fingerprint density at radius 3 is 2.32 bits per heavy atom. The molecular formula is C19H23ClN4O4. The molecule has 1 atom stereocenters. The molecule has 7 N–H and O–H groups in total. The first-order chi connectivity index (χ1) is 12.8. The van der Waals surface area contributed by atoms with Gasteiger partial charge in [-0.3, -0.25) is 10.2 Å². The standard InChI is InChI=1S/C19H22N4O4.ClH/c1-2-11-9-13(5-8-15(11)27-10-16(20)24)17(19(25)26)23-14-6-3-12(4-7-14)18(21)22;/h3-9,17,23H,2,10H2,1H3,(H2,20,24)(H3,21,22)(H,25,26);1H. The normalized spacial score (nSPS) is 11.0. The first-order valence-electron chi connectivity index (χ1n) is 8.29. The van der Waals surface area contributed by atoms with E-state index in [1.807, 2.05) is 6.92 Å². The highest BCUT2D eigenvalue weighted by Gasteiger charge is 2.21. The fourth-order valence-corrected chi connectivity index (χ4v) is 2.55. The zero-order valence-corrected chi connectivity index (χ0v) is 16.1. The van der Waals surface area contributed by atoms with Crippen molar-refractivity contribution in [2.24, 2.45) is 11.5 Å². The van der Waals surface area contributed by atoms with Gasteiger partial charge in [-0.25, -0.2) is 4.79 Å². The largest absolute Gasteiger partial charge is 0.484 e. The molecule has 0 radical (unpaired) electrons. The van der Waals surface area contributed by atoms with E-state index >= 15 is 0 Å². The van der Waals surface area contributed by atoms with Crippen LogP contribution in [0.1, 0.15) is 29.7 Å². The van der Waals surface area contributed by atoms with Gasteiger partial charge in [0.15, 0.2) is 12.6 Å². The molecule has 0 fully saturated rings. The van der Waals surface area contributed by atoms with Gasteiger partial charge < -0.3 is 26.6 Å². The number of ether oxygens (including phenoxy) is 1. The number of carbonyl (C=O) groups excluding carboxylic acids is 1. The molecule has 1 amide bonds. The highest BCUT2D eigenvalue weighted by atomic mass is 35.5. The summed E-state index contributed by atoms with van der Waals surface area (Å²) in [5.41, 5.74) is 13.0. The van der Waals surface area contributed by atoms with Gasteiger partial charge >= 0.3 is 5.97 Å². The number of carbonyl (C=O) groups is 2. The van der Waals surface area contributed by atoms with Crippen molar-refractivity contribution < 1.29 is 19.4 Å². The molecule has 0 aliphatic heterocycles. The molecule has 0 aromatic heterocycles. The van der Waals surface area contributed by atoms with Crippen molar-refractivity contribution in [3.8, 4) is 5.75 Å². The summed E-state index contributed by atoms with van der Waals surface area (Å²) in [4.78, 5) is 22.7. The Labute approximate surface area is 168 Å². The molecule has 2 rings (SSSR count). The lowest BCUT2D eigenvalue weighted by molar-refractivity contribution is -0.138. The number of carboxylic acid groups (broad SMARTS) is 1. The second-order valence-corrected chi connectivity index (χ2v) is 5.88. The fraction of sp³-hybridized carbons (Fsp3) is 0.211. The zero-order chi connectivity index (χ0) is 20.0. The number of carboxylic acids is 1. The van der Waals surface area contributed by atoms with Crippen LogP contribution in [0.15, 0.2) is 42.5 Å². The summed E-state index contributed by atoms with van der Waals surface area (Å²) in [7, 11) is 0. The summed E-state index contributed by atoms with van der Waals surface area (Å²) in [6.45, 7) is 1.66. The molecule has 2 aromatic carbocycles. The number of aryl methyl sites for hydroxylation is 1. The Hall–Kier alpha value is -3.26. The van der Waals surface area contributed by atoms with Crippen LogP contribution in [-0.2, 0) is 16.0 Å². The van der Waals surface area contributed by atoms with Gasteiger partial charge in [0.05, 0.1) is 0 Å². The van der Waals surface area contributed by atoms with E-state index in [-0.39, 0.29) is 24.8 Å². The molecule has 0 aliphatic rings. The molecule has 0 saturated heterocycles. The second-order valence-electron chi connectivity index (χ2n) is 5.88. The van der Waals surface area contributed by atoms with E-state index < -0.39 is 17.9 Å². The number of hydrogen-bond acceptors (Lipinski definition) is 5. The average Bonchev–Trinajstić information content (AvgIpc) is 2.64. The van der Waals surface area contributed by atoms with Crippen molar-refractivity contribution in [1.82, 2.24) is 0 Å². The van der Waals surface area contributed by atoms with Crippen molar-refractivity contribution in [1.29, 1.82) is 5.41 Å². The van der Waals surface area contributed by atoms with Gasteiger partial charge in [0.1, 0.15) is 11.6 Å². The lowest BCUT2D eigenvalue weighted by atomic mass is 10.0. The molecule has 2 aromatic rings. The van der Waals surface area contributed by atoms with Gasteiger partial charge in [-0.15, -0.1) is 12.4 Å². The van der Waals surface area contributed by atoms with E-state index in [4.69, 9.17) is 21.6 Å². The SMILES string of the molecule is CCc1cc(C(Nc2ccc(C(=N)N)cc2)C(=O)O)ccc1OCC(N)=O.Cl. The van der Waals surface area contributed by atoms with Gasteiger partial charge in [0.25, 0.3) is 5.91 Å². The predicted molar refractivity (Wildman–Crippen MR) is 109 cm³/mol. The third-order valence-electron chi connectivity index (χ3n) is 3.92. The first kappa shape index (κ1) is 22.8. The number of halogens is 1. The number of anilines is 1. The van der Waals surface area contributed by atoms with Crippen molar-refractivity contribution >= 4 is 35.8 Å². The van der Waals surface area contributed by atoms with Gasteiger partial charge in [-0.1, -0.05) is 13.0 Å². The van der Waals surface area contributed by atoms with Crippen LogP contribution in [-0.4, -0.2) is 29.4 Å². The summed E-state index contributed by atoms with van der Waals surface area (Å²) in [6, 6.07) is 10.6. The molecule has 28 heavy (non-hydrogen) atoms. The molecule has 0 spiro atoms. The van der Waals surface area contributed by atoms with Crippen LogP contribution in [0.4, 0.5) is 5.69 Å². The number of rotatable bonds is 9. The Balaban J connectivity index is 0.00000392. The Bertz CT molecular complexity index is 856. The van der Waals surface area contributed by atoms with Crippen molar-refractivity contribution in [3.05, 3.63) is 59.2 Å². The summed E-state index contributed by atoms with van der Waals surface area (Å²) in [6.07, 6.45) is 0.599. The van der Waals surface area contributed by atoms with E-state index in [2.05, 4.69) is 5.32 Å². The molecule has 8 nitrogen and oxygen atoms in total. The minimum Gasteiger partial charge on any atom is -0.484 e. The lowest BCUT2D eigenvalue weighted by Crippen LogP contribution is -2.22. The Kier molecular flexibility index (Phi) is 8.28. The van der Waals surface area contributed by atoms with E-state index in [0.29, 0.717) is 29.0 Å². The molecule has 0 saturated carbocycles. The molecule has 0 heterocycles. The molecule has 0 bridgehead atoms. The van der Waals surface area contributed by atoms with Crippen LogP contribution in [0.3, 0.4) is 0 Å². The van der Waals surface area contributed by atoms with Crippen LogP contribution in [0, 0.1) is 5.41 Å². The predicted octanol–water partition coefficient (Wildman–Crippen LogP) is 2.06. The lowest BCUT2D eigenvalue weighted by Gasteiger charge is -2.18. The molecular weight excluding hydrogens is 384 g/mol. The van der Waals surface area contributed by atoms with Crippen molar-refractivity contribution in [3.63, 3.8) is 0 Å². The minimum atomic E-state index is -1.04. The van der Waals surface area contributed by atoms with E-state index in [1.54, 1.807) is 42.5 Å². The fourth-order valence-electron chi connectivity index (χ4n) is 2.55. The Morgan fingerprint density at radius 1 is 1.18 bits per heavy atom. The van der Waals surface area contributed by atoms with Crippen LogP contribution < -0.4 is 21.5 Å². The van der Waals surface area contributed by atoms with Gasteiger partial charge in [-0.05, 0) is 53.9 Å². The van der Waals surface area contributed by atoms with E-state index in [0.717, 1.165) is 5.56 Å². The van der Waals surface area contributed by atoms with E-state index in [9.17, 15) is 14.7 Å². The maximum absolute atomic E-state index is 11.8. The monoisotopic (exact) mass is 406 g/mol. The van der Waals surface area contributed by atoms with Crippen LogP contribution in [0.25, 0.3) is 0 Å². The number of nitrogen functional groups attached to an aromatic ring is 1. The smallest absolute Gasteiger partial charge is 0.330 e. The number of aliphatic carboxylic acids is 1. The van der Waals surface area contributed by atoms with E-state index in [1.165, 1.54) is 0 Å². The maximum Gasteiger partial charge on any atom is 0.330 e. The highest BCUT2D eigenvalue weighted by Crippen LogP contribution is 2.27. The topological polar surface area (TPSA) is 152 Å². The number of nitrogens with two attached hydrogens (primary N) is 2. The number of hydrogen-bond donors (Lipinski definition) is 5. The highest BCUT2D eigenvalue weighted by molar-refractivity contribution is 5.95. The minimum absolute atomic E-state index is 0. The number of primary amides is 1. The third-order valence-corrected chi connectivity index (χ3v) is 3.92. The molecule has 1 unspecified atom stereocenters. The number of amides is 1. The van der Waals surface area contributed by atoms with Crippen molar-refractivity contribution in [2.45, 2.75) is 19.4 Å². The molecule has 0 aliphatic carbocycles. The number of nitrogens with one attached hydrogen (secondary N) is 2. The number of amidine groups is 1. The van der Waals surface area contributed by atoms with Crippen LogP contribution >= 0.6 is 12.4 Å². The average molecular weight is 407 g/mol. The van der Waals surface area contributed by atoms with Gasteiger partial charge in [0, 0.05) is 11.3 Å². The zero-order valence-electron chi connectivity index (χ0n) is 15.3. The third kappa shape index (κ3) is 5.88. The van der Waals surface area contributed by atoms with Crippen LogP contribution in [0.5, 0.6) is 5.75 Å². The quantitative estimate of drug-likeness (QED) is 0.317.